The third-order valence-electron chi connectivity index (χ3n) is 7.15. The lowest BCUT2D eigenvalue weighted by Crippen LogP contribution is -2.38. The standard InChI is InChI=1S/C28H29BrN2O5/c1-30-24-11-8-18(25(33)14-20(32)16-36-26-5-3-4-12-35-26)13-22(24)23-15-21(28(34)31(2)27(23)30)17-6-9-19(29)10-7-17/h6-11,13,21,26H,3-5,12,14-16H2,1-2H3. The number of benzene rings is 2. The lowest BCUT2D eigenvalue weighted by atomic mass is 9.87. The van der Waals surface area contributed by atoms with Gasteiger partial charge >= 0.3 is 0 Å². The van der Waals surface area contributed by atoms with Crippen LogP contribution in [0.4, 0.5) is 5.82 Å². The van der Waals surface area contributed by atoms with E-state index in [0.29, 0.717) is 18.6 Å². The zero-order valence-corrected chi connectivity index (χ0v) is 22.0. The van der Waals surface area contributed by atoms with E-state index in [2.05, 4.69) is 15.9 Å². The van der Waals surface area contributed by atoms with E-state index in [1.54, 1.807) is 18.0 Å². The normalized spacial score (nSPS) is 20.0. The van der Waals surface area contributed by atoms with Crippen LogP contribution in [0.15, 0.2) is 46.9 Å². The van der Waals surface area contributed by atoms with Crippen molar-refractivity contribution in [1.82, 2.24) is 4.57 Å². The van der Waals surface area contributed by atoms with Crippen LogP contribution < -0.4 is 4.90 Å². The molecule has 3 aromatic rings. The van der Waals surface area contributed by atoms with Crippen molar-refractivity contribution in [3.63, 3.8) is 0 Å². The molecule has 0 aliphatic carbocycles. The lowest BCUT2D eigenvalue weighted by molar-refractivity contribution is -0.168. The minimum atomic E-state index is -0.358. The third-order valence-corrected chi connectivity index (χ3v) is 7.67. The molecule has 36 heavy (non-hydrogen) atoms. The Hall–Kier alpha value is -2.81. The number of carbonyl (C=O) groups is 3. The summed E-state index contributed by atoms with van der Waals surface area (Å²) in [5.41, 5.74) is 3.41. The second-order valence-corrected chi connectivity index (χ2v) is 10.5. The molecule has 188 valence electrons. The zero-order chi connectivity index (χ0) is 25.4. The SMILES string of the molecule is CN1C(=O)C(c2ccc(Br)cc2)Cc2c1n(C)c1ccc(C(=O)CC(=O)COC3CCCCO3)cc21. The Morgan fingerprint density at radius 2 is 1.89 bits per heavy atom. The summed E-state index contributed by atoms with van der Waals surface area (Å²) in [6.45, 7) is 0.518. The van der Waals surface area contributed by atoms with Gasteiger partial charge in [0.1, 0.15) is 12.4 Å². The Morgan fingerprint density at radius 1 is 1.11 bits per heavy atom. The van der Waals surface area contributed by atoms with Crippen LogP contribution in [0.25, 0.3) is 10.9 Å². The number of hydrogen-bond acceptors (Lipinski definition) is 5. The smallest absolute Gasteiger partial charge is 0.235 e. The summed E-state index contributed by atoms with van der Waals surface area (Å²) >= 11 is 3.46. The monoisotopic (exact) mass is 552 g/mol. The Bertz CT molecular complexity index is 1320. The van der Waals surface area contributed by atoms with Crippen molar-refractivity contribution < 1.29 is 23.9 Å². The van der Waals surface area contributed by atoms with Gasteiger partial charge in [-0.1, -0.05) is 28.1 Å². The summed E-state index contributed by atoms with van der Waals surface area (Å²) < 4.78 is 14.0. The number of nitrogens with zero attached hydrogens (tertiary/aromatic N) is 2. The number of Topliss-reactive ketones (excluding diaryl/α,β-unsaturated/α-hetero) is 2. The molecule has 8 heteroatoms. The van der Waals surface area contributed by atoms with E-state index in [-0.39, 0.29) is 42.7 Å². The van der Waals surface area contributed by atoms with Gasteiger partial charge in [-0.2, -0.15) is 0 Å². The Labute approximate surface area is 218 Å². The van der Waals surface area contributed by atoms with Crippen molar-refractivity contribution in [2.75, 3.05) is 25.2 Å². The van der Waals surface area contributed by atoms with Crippen LogP contribution >= 0.6 is 15.9 Å². The Morgan fingerprint density at radius 3 is 2.61 bits per heavy atom. The Balaban J connectivity index is 1.38. The number of halogens is 1. The maximum Gasteiger partial charge on any atom is 0.235 e. The van der Waals surface area contributed by atoms with Gasteiger partial charge in [-0.25, -0.2) is 0 Å². The molecule has 3 heterocycles. The van der Waals surface area contributed by atoms with Crippen LogP contribution in [0.2, 0.25) is 0 Å². The molecule has 1 amide bonds. The van der Waals surface area contributed by atoms with Gasteiger partial charge in [-0.15, -0.1) is 0 Å². The molecule has 0 N–H and O–H groups in total. The van der Waals surface area contributed by atoms with Crippen molar-refractivity contribution in [1.29, 1.82) is 0 Å². The molecule has 0 saturated carbocycles. The van der Waals surface area contributed by atoms with Crippen LogP contribution in [0.3, 0.4) is 0 Å². The van der Waals surface area contributed by atoms with Gasteiger partial charge < -0.3 is 18.9 Å². The number of rotatable bonds is 7. The molecule has 0 radical (unpaired) electrons. The second-order valence-electron chi connectivity index (χ2n) is 9.54. The molecule has 2 aliphatic rings. The molecule has 2 aromatic carbocycles. The third kappa shape index (κ3) is 4.77. The predicted molar refractivity (Wildman–Crippen MR) is 140 cm³/mol. The summed E-state index contributed by atoms with van der Waals surface area (Å²) in [7, 11) is 3.73. The van der Waals surface area contributed by atoms with Crippen LogP contribution in [0, 0.1) is 0 Å². The number of likely N-dealkylation sites (N-methyl/N-ethyl adjacent to an activating group) is 1. The van der Waals surface area contributed by atoms with E-state index in [1.165, 1.54) is 0 Å². The molecule has 0 bridgehead atoms. The number of anilines is 1. The van der Waals surface area contributed by atoms with Gasteiger partial charge in [0.15, 0.2) is 17.9 Å². The van der Waals surface area contributed by atoms with E-state index in [1.807, 2.05) is 48.0 Å². The fourth-order valence-corrected chi connectivity index (χ4v) is 5.52. The molecular weight excluding hydrogens is 524 g/mol. The number of amides is 1. The van der Waals surface area contributed by atoms with Gasteiger partial charge in [0.25, 0.3) is 0 Å². The van der Waals surface area contributed by atoms with Crippen molar-refractivity contribution in [2.45, 2.75) is 44.3 Å². The molecule has 2 atom stereocenters. The van der Waals surface area contributed by atoms with Gasteiger partial charge in [0.2, 0.25) is 5.91 Å². The average Bonchev–Trinajstić information content (AvgIpc) is 3.17. The highest BCUT2D eigenvalue weighted by atomic mass is 79.9. The number of fused-ring (bicyclic) bond motifs is 3. The van der Waals surface area contributed by atoms with Crippen molar-refractivity contribution >= 4 is 50.1 Å². The van der Waals surface area contributed by atoms with Gasteiger partial charge in [-0.05, 0) is 61.6 Å². The van der Waals surface area contributed by atoms with Crippen molar-refractivity contribution in [2.24, 2.45) is 7.05 Å². The minimum Gasteiger partial charge on any atom is -0.353 e. The molecular formula is C28H29BrN2O5. The molecule has 1 fully saturated rings. The fourth-order valence-electron chi connectivity index (χ4n) is 5.26. The number of hydrogen-bond donors (Lipinski definition) is 0. The highest BCUT2D eigenvalue weighted by Crippen LogP contribution is 2.41. The first kappa shape index (κ1) is 24.9. The number of ketones is 2. The van der Waals surface area contributed by atoms with E-state index >= 15 is 0 Å². The van der Waals surface area contributed by atoms with Crippen LogP contribution in [0.1, 0.15) is 53.1 Å². The van der Waals surface area contributed by atoms with E-state index < -0.39 is 0 Å². The highest BCUT2D eigenvalue weighted by Gasteiger charge is 2.35. The fraction of sp³-hybridized carbons (Fsp3) is 0.393. The molecule has 5 rings (SSSR count). The largest absolute Gasteiger partial charge is 0.353 e. The molecule has 0 spiro atoms. The second kappa shape index (κ2) is 10.3. The summed E-state index contributed by atoms with van der Waals surface area (Å²) in [6.07, 6.45) is 2.77. The summed E-state index contributed by atoms with van der Waals surface area (Å²) in [6, 6.07) is 13.3. The molecule has 2 aliphatic heterocycles. The molecule has 2 unspecified atom stereocenters. The summed E-state index contributed by atoms with van der Waals surface area (Å²) in [5.74, 6) is 0.0770. The number of aromatic nitrogens is 1. The number of carbonyl (C=O) groups excluding carboxylic acids is 3. The first-order chi connectivity index (χ1) is 17.3. The predicted octanol–water partition coefficient (Wildman–Crippen LogP) is 4.93. The summed E-state index contributed by atoms with van der Waals surface area (Å²) in [4.78, 5) is 40.4. The maximum absolute atomic E-state index is 13.3. The molecule has 1 saturated heterocycles. The van der Waals surface area contributed by atoms with Gasteiger partial charge in [0, 0.05) is 47.2 Å². The van der Waals surface area contributed by atoms with Gasteiger partial charge in [-0.3, -0.25) is 14.4 Å². The molecule has 7 nitrogen and oxygen atoms in total. The zero-order valence-electron chi connectivity index (χ0n) is 20.5. The van der Waals surface area contributed by atoms with Crippen LogP contribution in [0.5, 0.6) is 0 Å². The first-order valence-corrected chi connectivity index (χ1v) is 13.0. The average molecular weight is 553 g/mol. The molecule has 1 aromatic heterocycles. The number of aryl methyl sites for hydroxylation is 1. The van der Waals surface area contributed by atoms with E-state index in [0.717, 1.165) is 51.6 Å². The van der Waals surface area contributed by atoms with Crippen molar-refractivity contribution in [3.8, 4) is 0 Å². The van der Waals surface area contributed by atoms with Gasteiger partial charge in [0.05, 0.1) is 12.3 Å². The Kier molecular flexibility index (Phi) is 7.10. The van der Waals surface area contributed by atoms with Crippen molar-refractivity contribution in [3.05, 3.63) is 63.6 Å². The minimum absolute atomic E-state index is 0.0413. The summed E-state index contributed by atoms with van der Waals surface area (Å²) in [5, 5.41) is 0.930. The van der Waals surface area contributed by atoms with Crippen LogP contribution in [-0.4, -0.2) is 48.6 Å². The number of ether oxygens (including phenoxy) is 2. The first-order valence-electron chi connectivity index (χ1n) is 12.3. The lowest BCUT2D eigenvalue weighted by Gasteiger charge is -2.31. The quantitative estimate of drug-likeness (QED) is 0.307. The topological polar surface area (TPSA) is 77.8 Å². The van der Waals surface area contributed by atoms with E-state index in [9.17, 15) is 14.4 Å². The van der Waals surface area contributed by atoms with Crippen LogP contribution in [-0.2, 0) is 32.5 Å². The highest BCUT2D eigenvalue weighted by molar-refractivity contribution is 9.10. The maximum atomic E-state index is 13.3. The van der Waals surface area contributed by atoms with E-state index in [4.69, 9.17) is 9.47 Å².